The first-order chi connectivity index (χ1) is 12.1. The minimum absolute atomic E-state index is 0.597. The van der Waals surface area contributed by atoms with Crippen LogP contribution in [0.15, 0.2) is 76.5 Å². The number of hydrogen-bond acceptors (Lipinski definition) is 2. The number of rotatable bonds is 4. The van der Waals surface area contributed by atoms with E-state index in [0.29, 0.717) is 10.6 Å². The molecule has 4 heteroatoms. The Morgan fingerprint density at radius 2 is 1.80 bits per heavy atom. The lowest BCUT2D eigenvalue weighted by Gasteiger charge is -2.13. The number of hydrogen-bond donors (Lipinski definition) is 1. The third kappa shape index (κ3) is 3.73. The van der Waals surface area contributed by atoms with E-state index < -0.39 is 5.97 Å². The molecule has 0 saturated heterocycles. The summed E-state index contributed by atoms with van der Waals surface area (Å²) in [6.45, 7) is 8.90. The number of carboxylic acid groups (broad SMARTS) is 1. The van der Waals surface area contributed by atoms with Crippen molar-refractivity contribution in [1.29, 1.82) is 0 Å². The molecule has 0 fully saturated rings. The van der Waals surface area contributed by atoms with Crippen LogP contribution in [0, 0.1) is 6.57 Å². The second kappa shape index (κ2) is 7.25. The Morgan fingerprint density at radius 1 is 1.08 bits per heavy atom. The summed E-state index contributed by atoms with van der Waals surface area (Å²) < 4.78 is 0. The van der Waals surface area contributed by atoms with Crippen LogP contribution < -0.4 is 0 Å². The Bertz CT molecular complexity index is 1010. The van der Waals surface area contributed by atoms with Crippen molar-refractivity contribution in [1.82, 2.24) is 0 Å². The minimum atomic E-state index is -0.950. The predicted octanol–water partition coefficient (Wildman–Crippen LogP) is 6.14. The van der Waals surface area contributed by atoms with E-state index in [4.69, 9.17) is 11.7 Å². The highest BCUT2D eigenvalue weighted by Crippen LogP contribution is 2.40. The summed E-state index contributed by atoms with van der Waals surface area (Å²) in [6.07, 6.45) is 1.21. The summed E-state index contributed by atoms with van der Waals surface area (Å²) >= 11 is 1.44. The molecule has 0 unspecified atom stereocenters. The Hall–Kier alpha value is -3.03. The maximum absolute atomic E-state index is 10.9. The van der Waals surface area contributed by atoms with Crippen molar-refractivity contribution in [3.63, 3.8) is 0 Å². The third-order valence-electron chi connectivity index (χ3n) is 3.77. The lowest BCUT2D eigenvalue weighted by atomic mass is 9.98. The van der Waals surface area contributed by atoms with Gasteiger partial charge in [0.1, 0.15) is 0 Å². The molecule has 3 aromatic rings. The quantitative estimate of drug-likeness (QED) is 0.351. The lowest BCUT2D eigenvalue weighted by Crippen LogP contribution is -1.89. The Balaban J connectivity index is 2.19. The molecule has 0 aromatic heterocycles. The van der Waals surface area contributed by atoms with Crippen molar-refractivity contribution in [3.05, 3.63) is 83.1 Å². The highest BCUT2D eigenvalue weighted by atomic mass is 32.2. The van der Waals surface area contributed by atoms with E-state index in [1.807, 2.05) is 36.4 Å². The van der Waals surface area contributed by atoms with E-state index in [1.165, 1.54) is 17.8 Å². The van der Waals surface area contributed by atoms with Crippen LogP contribution in [0.5, 0.6) is 0 Å². The van der Waals surface area contributed by atoms with Crippen LogP contribution >= 0.6 is 11.8 Å². The maximum atomic E-state index is 10.9. The van der Waals surface area contributed by atoms with Gasteiger partial charge in [-0.15, -0.1) is 0 Å². The van der Waals surface area contributed by atoms with Crippen LogP contribution in [0.25, 0.3) is 26.7 Å². The zero-order valence-electron chi connectivity index (χ0n) is 13.6. The van der Waals surface area contributed by atoms with Gasteiger partial charge in [-0.25, -0.2) is 9.64 Å². The predicted molar refractivity (Wildman–Crippen MR) is 103 cm³/mol. The molecular weight excluding hydrogens is 330 g/mol. The maximum Gasteiger partial charge on any atom is 0.329 e. The summed E-state index contributed by atoms with van der Waals surface area (Å²) in [6, 6.07) is 19.7. The molecule has 3 aromatic carbocycles. The second-order valence-electron chi connectivity index (χ2n) is 5.51. The smallest absolute Gasteiger partial charge is 0.329 e. The molecule has 0 aliphatic carbocycles. The number of fused-ring (bicyclic) bond motifs is 1. The molecule has 3 nitrogen and oxygen atoms in total. The molecule has 1 N–H and O–H groups in total. The van der Waals surface area contributed by atoms with Crippen molar-refractivity contribution in [2.75, 3.05) is 0 Å². The number of carboxylic acids is 1. The second-order valence-corrected chi connectivity index (χ2v) is 6.80. The average molecular weight is 345 g/mol. The molecule has 0 spiro atoms. The van der Waals surface area contributed by atoms with Gasteiger partial charge in [0.25, 0.3) is 0 Å². The van der Waals surface area contributed by atoms with Gasteiger partial charge < -0.3 is 5.11 Å². The third-order valence-corrected chi connectivity index (χ3v) is 4.77. The van der Waals surface area contributed by atoms with Gasteiger partial charge in [-0.2, -0.15) is 0 Å². The molecular formula is C21H15NO2S. The first kappa shape index (κ1) is 16.8. The topological polar surface area (TPSA) is 41.7 Å². The molecule has 0 atom stereocenters. The van der Waals surface area contributed by atoms with Crippen LogP contribution in [0.3, 0.4) is 0 Å². The molecule has 0 amide bonds. The summed E-state index contributed by atoms with van der Waals surface area (Å²) in [5.74, 6) is -0.950. The van der Waals surface area contributed by atoms with Gasteiger partial charge in [-0.1, -0.05) is 66.4 Å². The number of nitrogens with zero attached hydrogens (tertiary/aromatic N) is 1. The van der Waals surface area contributed by atoms with Gasteiger partial charge in [-0.05, 0) is 34.2 Å². The van der Waals surface area contributed by atoms with Crippen molar-refractivity contribution < 1.29 is 9.90 Å². The van der Waals surface area contributed by atoms with Gasteiger partial charge in [0.05, 0.1) is 6.57 Å². The highest BCUT2D eigenvalue weighted by molar-refractivity contribution is 8.03. The molecule has 25 heavy (non-hydrogen) atoms. The molecule has 0 radical (unpaired) electrons. The van der Waals surface area contributed by atoms with Gasteiger partial charge in [-0.3, -0.25) is 0 Å². The summed E-state index contributed by atoms with van der Waals surface area (Å²) in [7, 11) is 0. The van der Waals surface area contributed by atoms with Crippen LogP contribution in [0.1, 0.15) is 6.92 Å². The molecule has 0 aliphatic rings. The van der Waals surface area contributed by atoms with E-state index >= 15 is 0 Å². The zero-order valence-corrected chi connectivity index (χ0v) is 14.4. The van der Waals surface area contributed by atoms with Crippen molar-refractivity contribution in [2.24, 2.45) is 0 Å². The fraction of sp³-hybridized carbons (Fsp3) is 0.0476. The zero-order chi connectivity index (χ0) is 17.8. The van der Waals surface area contributed by atoms with Crippen molar-refractivity contribution in [2.45, 2.75) is 11.8 Å². The number of carbonyl (C=O) groups is 1. The molecule has 3 rings (SSSR count). The van der Waals surface area contributed by atoms with Crippen molar-refractivity contribution >= 4 is 34.2 Å². The summed E-state index contributed by atoms with van der Waals surface area (Å²) in [4.78, 5) is 16.1. The Kier molecular flexibility index (Phi) is 4.87. The monoisotopic (exact) mass is 345 g/mol. The fourth-order valence-electron chi connectivity index (χ4n) is 2.71. The Morgan fingerprint density at radius 3 is 2.48 bits per heavy atom. The van der Waals surface area contributed by atoms with Crippen LogP contribution in [0.2, 0.25) is 0 Å². The highest BCUT2D eigenvalue weighted by Gasteiger charge is 2.12. The number of aliphatic carboxylic acids is 1. The van der Waals surface area contributed by atoms with E-state index in [2.05, 4.69) is 17.0 Å². The van der Waals surface area contributed by atoms with Crippen LogP contribution in [-0.2, 0) is 4.79 Å². The number of allylic oxidation sites excluding steroid dienone is 1. The van der Waals surface area contributed by atoms with Gasteiger partial charge in [0.2, 0.25) is 0 Å². The minimum Gasteiger partial charge on any atom is -0.478 e. The van der Waals surface area contributed by atoms with Gasteiger partial charge >= 0.3 is 5.97 Å². The molecule has 0 heterocycles. The first-order valence-corrected chi connectivity index (χ1v) is 8.49. The van der Waals surface area contributed by atoms with Gasteiger partial charge in [0.15, 0.2) is 5.69 Å². The van der Waals surface area contributed by atoms with Gasteiger partial charge in [0, 0.05) is 16.5 Å². The van der Waals surface area contributed by atoms with E-state index in [1.54, 1.807) is 19.1 Å². The normalized spacial score (nSPS) is 11.3. The molecule has 0 saturated carbocycles. The number of thioether (sulfide) groups is 1. The van der Waals surface area contributed by atoms with E-state index in [0.717, 1.165) is 26.8 Å². The lowest BCUT2D eigenvalue weighted by molar-refractivity contribution is -0.131. The van der Waals surface area contributed by atoms with E-state index in [9.17, 15) is 4.79 Å². The fourth-order valence-corrected chi connectivity index (χ4v) is 3.69. The number of benzene rings is 3. The summed E-state index contributed by atoms with van der Waals surface area (Å²) in [5.41, 5.74) is 2.66. The SMILES string of the molecule is [C-]#[N+]c1ccc(-c2c(S/C(C)=C/C(=O)O)ccc3ccccc23)cc1. The van der Waals surface area contributed by atoms with Crippen molar-refractivity contribution in [3.8, 4) is 11.1 Å². The molecule has 122 valence electrons. The van der Waals surface area contributed by atoms with Crippen LogP contribution in [-0.4, -0.2) is 11.1 Å². The first-order valence-electron chi connectivity index (χ1n) is 7.67. The Labute approximate surface area is 150 Å². The van der Waals surface area contributed by atoms with Crippen LogP contribution in [0.4, 0.5) is 5.69 Å². The van der Waals surface area contributed by atoms with E-state index in [-0.39, 0.29) is 0 Å². The average Bonchev–Trinajstić information content (AvgIpc) is 2.61. The summed E-state index contributed by atoms with van der Waals surface area (Å²) in [5, 5.41) is 11.2. The largest absolute Gasteiger partial charge is 0.478 e. The molecule has 0 aliphatic heterocycles. The standard InChI is InChI=1S/C21H15NO2S/c1-14(13-20(23)24)25-19-12-9-15-5-3-4-6-18(15)21(19)16-7-10-17(22-2)11-8-16/h3-13H,1H3,(H,23,24)/b14-13+. The molecule has 0 bridgehead atoms.